The van der Waals surface area contributed by atoms with Gasteiger partial charge in [-0.05, 0) is 11.6 Å². The van der Waals surface area contributed by atoms with E-state index < -0.39 is 0 Å². The van der Waals surface area contributed by atoms with Gasteiger partial charge in [-0.25, -0.2) is 4.98 Å². The number of likely N-dealkylation sites (N-methyl/N-ethyl adjacent to an activating group) is 1. The number of carbonyl (C=O) groups is 1. The minimum absolute atomic E-state index is 0.0145. The lowest BCUT2D eigenvalue weighted by molar-refractivity contribution is -0.117. The lowest BCUT2D eigenvalue weighted by Gasteiger charge is -2.16. The van der Waals surface area contributed by atoms with Gasteiger partial charge in [0.05, 0.1) is 6.42 Å². The van der Waals surface area contributed by atoms with Gasteiger partial charge in [0, 0.05) is 25.0 Å². The quantitative estimate of drug-likeness (QED) is 0.892. The van der Waals surface area contributed by atoms with Gasteiger partial charge < -0.3 is 5.73 Å². The van der Waals surface area contributed by atoms with Crippen LogP contribution in [0.1, 0.15) is 5.56 Å². The van der Waals surface area contributed by atoms with E-state index in [0.717, 1.165) is 5.56 Å². The highest BCUT2D eigenvalue weighted by Gasteiger charge is 2.12. The van der Waals surface area contributed by atoms with Crippen molar-refractivity contribution in [1.29, 1.82) is 0 Å². The molecular weight excluding hydrogens is 226 g/mol. The Kier molecular flexibility index (Phi) is 3.57. The first-order valence-corrected chi connectivity index (χ1v) is 5.69. The van der Waals surface area contributed by atoms with E-state index in [-0.39, 0.29) is 5.91 Å². The van der Waals surface area contributed by atoms with Crippen molar-refractivity contribution in [3.05, 3.63) is 54.2 Å². The summed E-state index contributed by atoms with van der Waals surface area (Å²) >= 11 is 0. The number of aromatic nitrogens is 1. The van der Waals surface area contributed by atoms with Crippen molar-refractivity contribution in [2.75, 3.05) is 17.7 Å². The Balaban J connectivity index is 2.10. The van der Waals surface area contributed by atoms with Crippen LogP contribution in [0, 0.1) is 0 Å². The van der Waals surface area contributed by atoms with E-state index in [9.17, 15) is 4.79 Å². The maximum absolute atomic E-state index is 12.1. The van der Waals surface area contributed by atoms with E-state index in [1.54, 1.807) is 25.4 Å². The Morgan fingerprint density at radius 2 is 2.00 bits per heavy atom. The molecule has 1 aromatic carbocycles. The number of nitrogens with zero attached hydrogens (tertiary/aromatic N) is 2. The van der Waals surface area contributed by atoms with Gasteiger partial charge in [0.25, 0.3) is 0 Å². The average molecular weight is 241 g/mol. The molecule has 0 radical (unpaired) electrons. The number of nitrogens with two attached hydrogens (primary N) is 1. The zero-order chi connectivity index (χ0) is 13.0. The van der Waals surface area contributed by atoms with Crippen LogP contribution < -0.4 is 10.6 Å². The number of rotatable bonds is 3. The maximum atomic E-state index is 12.1. The largest absolute Gasteiger partial charge is 0.399 e. The Labute approximate surface area is 106 Å². The van der Waals surface area contributed by atoms with E-state index in [2.05, 4.69) is 4.98 Å². The molecule has 18 heavy (non-hydrogen) atoms. The molecule has 1 aromatic heterocycles. The fraction of sp³-hybridized carbons (Fsp3) is 0.143. The van der Waals surface area contributed by atoms with Crippen LogP contribution >= 0.6 is 0 Å². The SMILES string of the molecule is CN(C(=O)Cc1ccccc1)c1cc(N)ccn1. The van der Waals surface area contributed by atoms with Gasteiger partial charge >= 0.3 is 0 Å². The minimum Gasteiger partial charge on any atom is -0.399 e. The second-order valence-corrected chi connectivity index (χ2v) is 4.06. The summed E-state index contributed by atoms with van der Waals surface area (Å²) in [6.45, 7) is 0. The molecule has 0 saturated carbocycles. The molecule has 0 aliphatic carbocycles. The number of amides is 1. The molecule has 0 fully saturated rings. The number of carbonyl (C=O) groups excluding carboxylic acids is 1. The van der Waals surface area contributed by atoms with Crippen LogP contribution in [-0.4, -0.2) is 17.9 Å². The van der Waals surface area contributed by atoms with Crippen molar-refractivity contribution >= 4 is 17.4 Å². The number of pyridine rings is 1. The monoisotopic (exact) mass is 241 g/mol. The van der Waals surface area contributed by atoms with E-state index in [1.807, 2.05) is 30.3 Å². The number of hydrogen-bond donors (Lipinski definition) is 1. The highest BCUT2D eigenvalue weighted by atomic mass is 16.2. The molecule has 2 N–H and O–H groups in total. The summed E-state index contributed by atoms with van der Waals surface area (Å²) in [6.07, 6.45) is 1.95. The number of hydrogen-bond acceptors (Lipinski definition) is 3. The summed E-state index contributed by atoms with van der Waals surface area (Å²) in [5, 5.41) is 0. The first-order chi connectivity index (χ1) is 8.66. The van der Waals surface area contributed by atoms with Crippen LogP contribution in [0.4, 0.5) is 11.5 Å². The van der Waals surface area contributed by atoms with Gasteiger partial charge in [-0.3, -0.25) is 9.69 Å². The van der Waals surface area contributed by atoms with Crippen molar-refractivity contribution in [3.63, 3.8) is 0 Å². The molecule has 92 valence electrons. The molecule has 1 amide bonds. The van der Waals surface area contributed by atoms with Gasteiger partial charge in [-0.1, -0.05) is 30.3 Å². The highest BCUT2D eigenvalue weighted by molar-refractivity contribution is 5.93. The normalized spacial score (nSPS) is 10.1. The molecule has 0 atom stereocenters. The third kappa shape index (κ3) is 2.85. The molecule has 2 aromatic rings. The topological polar surface area (TPSA) is 59.2 Å². The van der Waals surface area contributed by atoms with Crippen LogP contribution in [0.15, 0.2) is 48.7 Å². The third-order valence-electron chi connectivity index (χ3n) is 2.69. The molecule has 0 unspecified atom stereocenters. The van der Waals surface area contributed by atoms with Gasteiger partial charge in [-0.2, -0.15) is 0 Å². The predicted octanol–water partition coefficient (Wildman–Crippen LogP) is 1.87. The van der Waals surface area contributed by atoms with Crippen molar-refractivity contribution < 1.29 is 4.79 Å². The lowest BCUT2D eigenvalue weighted by atomic mass is 10.1. The van der Waals surface area contributed by atoms with Crippen molar-refractivity contribution in [1.82, 2.24) is 4.98 Å². The van der Waals surface area contributed by atoms with Gasteiger partial charge in [0.15, 0.2) is 0 Å². The standard InChI is InChI=1S/C14H15N3O/c1-17(13-10-12(15)7-8-16-13)14(18)9-11-5-3-2-4-6-11/h2-8,10H,9H2,1H3,(H2,15,16). The van der Waals surface area contributed by atoms with Crippen molar-refractivity contribution in [3.8, 4) is 0 Å². The second kappa shape index (κ2) is 5.31. The van der Waals surface area contributed by atoms with Gasteiger partial charge in [0.2, 0.25) is 5.91 Å². The Bertz CT molecular complexity index is 540. The fourth-order valence-electron chi connectivity index (χ4n) is 1.63. The summed E-state index contributed by atoms with van der Waals surface area (Å²) in [7, 11) is 1.70. The first kappa shape index (κ1) is 12.1. The molecule has 0 spiro atoms. The Morgan fingerprint density at radius 1 is 1.28 bits per heavy atom. The second-order valence-electron chi connectivity index (χ2n) is 4.06. The molecule has 4 nitrogen and oxygen atoms in total. The zero-order valence-electron chi connectivity index (χ0n) is 10.2. The third-order valence-corrected chi connectivity index (χ3v) is 2.69. The van der Waals surface area contributed by atoms with E-state index >= 15 is 0 Å². The summed E-state index contributed by atoms with van der Waals surface area (Å²) in [5.41, 5.74) is 7.25. The highest BCUT2D eigenvalue weighted by Crippen LogP contribution is 2.13. The molecule has 0 aliphatic heterocycles. The van der Waals surface area contributed by atoms with Crippen LogP contribution in [0.5, 0.6) is 0 Å². The molecular formula is C14H15N3O. The Morgan fingerprint density at radius 3 is 2.67 bits per heavy atom. The zero-order valence-corrected chi connectivity index (χ0v) is 10.2. The molecule has 4 heteroatoms. The van der Waals surface area contributed by atoms with Crippen LogP contribution in [0.3, 0.4) is 0 Å². The number of anilines is 2. The lowest BCUT2D eigenvalue weighted by Crippen LogP contribution is -2.28. The van der Waals surface area contributed by atoms with E-state index in [4.69, 9.17) is 5.73 Å². The minimum atomic E-state index is -0.0145. The van der Waals surface area contributed by atoms with Crippen molar-refractivity contribution in [2.45, 2.75) is 6.42 Å². The van der Waals surface area contributed by atoms with Crippen LogP contribution in [0.25, 0.3) is 0 Å². The molecule has 2 rings (SSSR count). The molecule has 0 aliphatic rings. The summed E-state index contributed by atoms with van der Waals surface area (Å²) < 4.78 is 0. The summed E-state index contributed by atoms with van der Waals surface area (Å²) in [4.78, 5) is 17.7. The summed E-state index contributed by atoms with van der Waals surface area (Å²) in [5.74, 6) is 0.551. The molecule has 0 saturated heterocycles. The van der Waals surface area contributed by atoms with E-state index in [1.165, 1.54) is 4.90 Å². The van der Waals surface area contributed by atoms with E-state index in [0.29, 0.717) is 17.9 Å². The number of nitrogen functional groups attached to an aromatic ring is 1. The average Bonchev–Trinajstić information content (AvgIpc) is 2.39. The fourth-order valence-corrected chi connectivity index (χ4v) is 1.63. The maximum Gasteiger partial charge on any atom is 0.232 e. The molecule has 1 heterocycles. The van der Waals surface area contributed by atoms with Crippen LogP contribution in [-0.2, 0) is 11.2 Å². The Hall–Kier alpha value is -2.36. The van der Waals surface area contributed by atoms with Gasteiger partial charge in [-0.15, -0.1) is 0 Å². The van der Waals surface area contributed by atoms with Crippen LogP contribution in [0.2, 0.25) is 0 Å². The molecule has 0 bridgehead atoms. The predicted molar refractivity (Wildman–Crippen MR) is 72.2 cm³/mol. The first-order valence-electron chi connectivity index (χ1n) is 5.69. The smallest absolute Gasteiger partial charge is 0.232 e. The van der Waals surface area contributed by atoms with Gasteiger partial charge in [0.1, 0.15) is 5.82 Å². The number of benzene rings is 1. The van der Waals surface area contributed by atoms with Crippen molar-refractivity contribution in [2.24, 2.45) is 0 Å². The summed E-state index contributed by atoms with van der Waals surface area (Å²) in [6, 6.07) is 13.0.